The standard InChI is InChI=1S/C16H20F8O8S/c1-9(17)10(25)31-14(15(20,21)22,11(26)32-12(2,3)4)30-8-6-5-7-13(18,19)16(23,24)33(27,28)29/h1,5-8H2,2-4H3,(H,27,28,29). The molecule has 0 aromatic rings. The summed E-state index contributed by atoms with van der Waals surface area (Å²) in [4.78, 5) is 23.5. The molecule has 0 aliphatic carbocycles. The largest absolute Gasteiger partial charge is 0.468 e. The van der Waals surface area contributed by atoms with Gasteiger partial charge in [-0.1, -0.05) is 6.58 Å². The van der Waals surface area contributed by atoms with Gasteiger partial charge in [0.1, 0.15) is 5.60 Å². The molecule has 0 aliphatic rings. The summed E-state index contributed by atoms with van der Waals surface area (Å²) in [6.07, 6.45) is -9.92. The molecule has 0 amide bonds. The first-order chi connectivity index (χ1) is 14.4. The van der Waals surface area contributed by atoms with Gasteiger partial charge < -0.3 is 14.2 Å². The van der Waals surface area contributed by atoms with Crippen LogP contribution in [0.15, 0.2) is 12.4 Å². The lowest BCUT2D eigenvalue weighted by Gasteiger charge is -2.34. The molecule has 0 saturated carbocycles. The Bertz CT molecular complexity index is 848. The highest BCUT2D eigenvalue weighted by atomic mass is 32.2. The average Bonchev–Trinajstić information content (AvgIpc) is 2.56. The second-order valence-corrected chi connectivity index (χ2v) is 8.88. The number of ether oxygens (including phenoxy) is 3. The van der Waals surface area contributed by atoms with Crippen molar-refractivity contribution in [1.29, 1.82) is 0 Å². The van der Waals surface area contributed by atoms with Crippen molar-refractivity contribution in [2.75, 3.05) is 6.61 Å². The zero-order chi connectivity index (χ0) is 26.7. The molecule has 1 N–H and O–H groups in total. The van der Waals surface area contributed by atoms with E-state index in [0.29, 0.717) is 0 Å². The van der Waals surface area contributed by atoms with Crippen LogP contribution in [0.5, 0.6) is 0 Å². The number of unbranched alkanes of at least 4 members (excludes halogenated alkanes) is 1. The predicted molar refractivity (Wildman–Crippen MR) is 92.2 cm³/mol. The van der Waals surface area contributed by atoms with Crippen LogP contribution in [0.2, 0.25) is 0 Å². The van der Waals surface area contributed by atoms with Crippen LogP contribution >= 0.6 is 0 Å². The third-order valence-electron chi connectivity index (χ3n) is 3.44. The van der Waals surface area contributed by atoms with Crippen LogP contribution in [0, 0.1) is 0 Å². The Labute approximate surface area is 182 Å². The second-order valence-electron chi connectivity index (χ2n) is 7.41. The van der Waals surface area contributed by atoms with Gasteiger partial charge in [-0.15, -0.1) is 0 Å². The van der Waals surface area contributed by atoms with E-state index in [2.05, 4.69) is 20.8 Å². The minimum atomic E-state index is -6.52. The molecule has 1 unspecified atom stereocenters. The van der Waals surface area contributed by atoms with Crippen LogP contribution in [-0.4, -0.2) is 60.3 Å². The lowest BCUT2D eigenvalue weighted by atomic mass is 10.1. The first kappa shape index (κ1) is 31.0. The van der Waals surface area contributed by atoms with Crippen molar-refractivity contribution in [3.05, 3.63) is 12.4 Å². The Balaban J connectivity index is 5.66. The van der Waals surface area contributed by atoms with Gasteiger partial charge in [-0.05, 0) is 33.6 Å². The highest BCUT2D eigenvalue weighted by Gasteiger charge is 2.68. The van der Waals surface area contributed by atoms with E-state index in [4.69, 9.17) is 4.55 Å². The molecule has 0 aromatic carbocycles. The number of hydrogen-bond acceptors (Lipinski definition) is 7. The molecule has 0 aliphatic heterocycles. The molecular weight excluding hydrogens is 504 g/mol. The number of alkyl halides is 7. The number of halogens is 8. The zero-order valence-corrected chi connectivity index (χ0v) is 18.1. The predicted octanol–water partition coefficient (Wildman–Crippen LogP) is 3.92. The van der Waals surface area contributed by atoms with Crippen molar-refractivity contribution in [3.63, 3.8) is 0 Å². The fourth-order valence-corrected chi connectivity index (χ4v) is 2.40. The van der Waals surface area contributed by atoms with E-state index < -0.39 is 82.5 Å². The first-order valence-electron chi connectivity index (χ1n) is 8.66. The van der Waals surface area contributed by atoms with Crippen molar-refractivity contribution in [1.82, 2.24) is 0 Å². The van der Waals surface area contributed by atoms with E-state index in [9.17, 15) is 53.1 Å². The van der Waals surface area contributed by atoms with Gasteiger partial charge in [-0.3, -0.25) is 4.55 Å². The molecule has 33 heavy (non-hydrogen) atoms. The molecular formula is C16H20F8O8S. The Morgan fingerprint density at radius 2 is 1.42 bits per heavy atom. The molecule has 0 bridgehead atoms. The molecule has 17 heteroatoms. The van der Waals surface area contributed by atoms with Crippen LogP contribution in [0.25, 0.3) is 0 Å². The SMILES string of the molecule is C=C(F)C(=O)OC(OCCCCC(F)(F)C(F)(F)S(=O)(=O)O)(C(=O)OC(C)(C)C)C(F)(F)F. The van der Waals surface area contributed by atoms with Gasteiger partial charge in [0.25, 0.3) is 0 Å². The van der Waals surface area contributed by atoms with Gasteiger partial charge >= 0.3 is 45.2 Å². The molecule has 1 atom stereocenters. The summed E-state index contributed by atoms with van der Waals surface area (Å²) < 4.78 is 148. The number of esters is 2. The summed E-state index contributed by atoms with van der Waals surface area (Å²) in [5.41, 5.74) is -1.61. The van der Waals surface area contributed by atoms with Crippen LogP contribution < -0.4 is 0 Å². The summed E-state index contributed by atoms with van der Waals surface area (Å²) in [6.45, 7) is 4.36. The van der Waals surface area contributed by atoms with E-state index in [0.717, 1.165) is 20.8 Å². The van der Waals surface area contributed by atoms with E-state index in [1.54, 1.807) is 0 Å². The number of carbonyl (C=O) groups is 2. The van der Waals surface area contributed by atoms with Crippen LogP contribution in [0.1, 0.15) is 40.0 Å². The average molecular weight is 524 g/mol. The lowest BCUT2D eigenvalue weighted by Crippen LogP contribution is -2.59. The summed E-state index contributed by atoms with van der Waals surface area (Å²) in [5, 5.41) is -5.90. The van der Waals surface area contributed by atoms with Crippen LogP contribution in [0.4, 0.5) is 35.1 Å². The highest BCUT2D eigenvalue weighted by molar-refractivity contribution is 7.87. The highest BCUT2D eigenvalue weighted by Crippen LogP contribution is 2.42. The monoisotopic (exact) mass is 524 g/mol. The van der Waals surface area contributed by atoms with Gasteiger partial charge in [0.2, 0.25) is 5.83 Å². The Morgan fingerprint density at radius 3 is 1.79 bits per heavy atom. The van der Waals surface area contributed by atoms with Gasteiger partial charge in [-0.2, -0.15) is 43.5 Å². The van der Waals surface area contributed by atoms with Crippen molar-refractivity contribution in [3.8, 4) is 0 Å². The molecule has 8 nitrogen and oxygen atoms in total. The lowest BCUT2D eigenvalue weighted by molar-refractivity contribution is -0.357. The Hall–Kier alpha value is -2.01. The van der Waals surface area contributed by atoms with Crippen LogP contribution in [0.3, 0.4) is 0 Å². The fourth-order valence-electron chi connectivity index (χ4n) is 1.92. The van der Waals surface area contributed by atoms with Gasteiger partial charge in [0.05, 0.1) is 6.61 Å². The van der Waals surface area contributed by atoms with Crippen LogP contribution in [-0.2, 0) is 33.9 Å². The zero-order valence-electron chi connectivity index (χ0n) is 17.3. The Kier molecular flexibility index (Phi) is 9.47. The Morgan fingerprint density at radius 1 is 0.939 bits per heavy atom. The molecule has 0 radical (unpaired) electrons. The van der Waals surface area contributed by atoms with Crippen molar-refractivity contribution in [2.45, 2.75) is 68.8 Å². The maximum atomic E-state index is 13.6. The van der Waals surface area contributed by atoms with E-state index >= 15 is 0 Å². The van der Waals surface area contributed by atoms with Gasteiger partial charge in [0, 0.05) is 6.42 Å². The van der Waals surface area contributed by atoms with E-state index in [1.807, 2.05) is 0 Å². The molecule has 0 spiro atoms. The minimum absolute atomic E-state index is 0.952. The molecule has 194 valence electrons. The fraction of sp³-hybridized carbons (Fsp3) is 0.750. The molecule has 0 saturated heterocycles. The van der Waals surface area contributed by atoms with Gasteiger partial charge in [-0.25, -0.2) is 9.59 Å². The first-order valence-corrected chi connectivity index (χ1v) is 10.1. The quantitative estimate of drug-likeness (QED) is 0.108. The summed E-state index contributed by atoms with van der Waals surface area (Å²) in [5.74, 6) is -16.7. The summed E-state index contributed by atoms with van der Waals surface area (Å²) >= 11 is 0. The number of rotatable bonds is 11. The van der Waals surface area contributed by atoms with Crippen molar-refractivity contribution >= 4 is 22.1 Å². The van der Waals surface area contributed by atoms with E-state index in [1.165, 1.54) is 0 Å². The third-order valence-corrected chi connectivity index (χ3v) is 4.39. The minimum Gasteiger partial charge on any atom is -0.455 e. The molecule has 0 rings (SSSR count). The van der Waals surface area contributed by atoms with Crippen molar-refractivity contribution in [2.24, 2.45) is 0 Å². The number of carbonyl (C=O) groups excluding carboxylic acids is 2. The maximum absolute atomic E-state index is 13.6. The number of hydrogen-bond donors (Lipinski definition) is 1. The molecule has 0 aromatic heterocycles. The molecule has 0 fully saturated rings. The van der Waals surface area contributed by atoms with E-state index in [-0.39, 0.29) is 0 Å². The third kappa shape index (κ3) is 7.77. The normalized spacial score (nSPS) is 15.5. The topological polar surface area (TPSA) is 116 Å². The molecule has 0 heterocycles. The smallest absolute Gasteiger partial charge is 0.455 e. The second kappa shape index (κ2) is 10.1. The van der Waals surface area contributed by atoms with Crippen molar-refractivity contribution < 1.29 is 71.9 Å². The summed E-state index contributed by atoms with van der Waals surface area (Å²) in [7, 11) is -6.52. The summed E-state index contributed by atoms with van der Waals surface area (Å²) in [6, 6.07) is 0. The maximum Gasteiger partial charge on any atom is 0.468 e. The van der Waals surface area contributed by atoms with Gasteiger partial charge in [0.15, 0.2) is 0 Å².